The van der Waals surface area contributed by atoms with Crippen LogP contribution in [0.15, 0.2) is 30.5 Å². The summed E-state index contributed by atoms with van der Waals surface area (Å²) < 4.78 is 41.5. The van der Waals surface area contributed by atoms with Crippen LogP contribution >= 0.6 is 0 Å². The summed E-state index contributed by atoms with van der Waals surface area (Å²) in [5.41, 5.74) is 5.27. The Morgan fingerprint density at radius 3 is 2.78 bits per heavy atom. The lowest BCUT2D eigenvalue weighted by Gasteiger charge is -2.47. The minimum Gasteiger partial charge on any atom is -0.396 e. The third kappa shape index (κ3) is 4.04. The number of pyridine rings is 2. The Morgan fingerprint density at radius 1 is 1.31 bits per heavy atom. The van der Waals surface area contributed by atoms with E-state index in [0.29, 0.717) is 48.7 Å². The summed E-state index contributed by atoms with van der Waals surface area (Å²) >= 11 is 0. The highest BCUT2D eigenvalue weighted by atomic mass is 19.4. The van der Waals surface area contributed by atoms with Crippen molar-refractivity contribution in [1.29, 1.82) is 0 Å². The Labute approximate surface area is 183 Å². The topological polar surface area (TPSA) is 104 Å². The third-order valence-corrected chi connectivity index (χ3v) is 6.21. The first kappa shape index (κ1) is 22.5. The number of halogens is 3. The van der Waals surface area contributed by atoms with Crippen LogP contribution in [0.3, 0.4) is 0 Å². The number of nitrogens with one attached hydrogen (secondary N) is 1. The fraction of sp³-hybridized carbons (Fsp3) is 0.500. The lowest BCUT2D eigenvalue weighted by Crippen LogP contribution is -2.58. The van der Waals surface area contributed by atoms with E-state index in [-0.39, 0.29) is 24.0 Å². The summed E-state index contributed by atoms with van der Waals surface area (Å²) in [6, 6.07) is 5.55. The normalized spacial score (nSPS) is 22.1. The predicted octanol–water partition coefficient (Wildman–Crippen LogP) is 3.60. The number of aliphatic hydroxyl groups is 1. The molecule has 7 nitrogen and oxygen atoms in total. The largest absolute Gasteiger partial charge is 0.418 e. The summed E-state index contributed by atoms with van der Waals surface area (Å²) in [5, 5.41) is 17.4. The van der Waals surface area contributed by atoms with Gasteiger partial charge in [-0.15, -0.1) is 0 Å². The van der Waals surface area contributed by atoms with Gasteiger partial charge >= 0.3 is 6.18 Å². The maximum Gasteiger partial charge on any atom is 0.418 e. The Kier molecular flexibility index (Phi) is 5.85. The minimum absolute atomic E-state index is 0.0901. The average Bonchev–Trinajstić information content (AvgIpc) is 3.18. The molecule has 10 heteroatoms. The van der Waals surface area contributed by atoms with E-state index < -0.39 is 17.2 Å². The van der Waals surface area contributed by atoms with Crippen molar-refractivity contribution >= 4 is 16.9 Å². The summed E-state index contributed by atoms with van der Waals surface area (Å²) in [6.07, 6.45) is -1.73. The number of fused-ring (bicyclic) bond motifs is 1. The van der Waals surface area contributed by atoms with E-state index in [1.54, 1.807) is 12.1 Å². The van der Waals surface area contributed by atoms with Gasteiger partial charge in [-0.05, 0) is 43.0 Å². The maximum absolute atomic E-state index is 13.8. The molecule has 4 rings (SSSR count). The van der Waals surface area contributed by atoms with E-state index in [4.69, 9.17) is 5.73 Å². The quantitative estimate of drug-likeness (QED) is 0.551. The summed E-state index contributed by atoms with van der Waals surface area (Å²) in [6.45, 7) is 5.01. The number of aromatic amines is 1. The Morgan fingerprint density at radius 2 is 2.09 bits per heavy atom. The second-order valence-electron chi connectivity index (χ2n) is 8.97. The van der Waals surface area contributed by atoms with Crippen LogP contribution in [0.4, 0.5) is 19.0 Å². The average molecular weight is 448 g/mol. The molecule has 32 heavy (non-hydrogen) atoms. The van der Waals surface area contributed by atoms with Crippen LogP contribution < -0.4 is 10.6 Å². The molecule has 4 N–H and O–H groups in total. The van der Waals surface area contributed by atoms with Gasteiger partial charge in [0.2, 0.25) is 0 Å². The molecule has 2 atom stereocenters. The number of nitrogens with two attached hydrogens (primary N) is 1. The Hall–Kier alpha value is -2.72. The molecule has 0 spiro atoms. The molecular weight excluding hydrogens is 421 g/mol. The van der Waals surface area contributed by atoms with Crippen LogP contribution in [0.2, 0.25) is 0 Å². The Bertz CT molecular complexity index is 1100. The van der Waals surface area contributed by atoms with Crippen molar-refractivity contribution in [1.82, 2.24) is 20.2 Å². The van der Waals surface area contributed by atoms with Crippen molar-refractivity contribution in [3.05, 3.63) is 36.0 Å². The van der Waals surface area contributed by atoms with Gasteiger partial charge in [-0.1, -0.05) is 13.8 Å². The molecule has 1 saturated heterocycles. The second kappa shape index (κ2) is 8.32. The molecular formula is C22H27F3N6O. The number of aromatic nitrogens is 4. The lowest BCUT2D eigenvalue weighted by molar-refractivity contribution is -0.137. The van der Waals surface area contributed by atoms with Crippen LogP contribution in [0.25, 0.3) is 22.4 Å². The van der Waals surface area contributed by atoms with E-state index in [2.05, 4.69) is 34.0 Å². The lowest BCUT2D eigenvalue weighted by atomic mass is 9.71. The van der Waals surface area contributed by atoms with Gasteiger partial charge in [0.1, 0.15) is 11.5 Å². The molecule has 0 saturated carbocycles. The van der Waals surface area contributed by atoms with Crippen molar-refractivity contribution in [2.75, 3.05) is 24.6 Å². The first-order valence-corrected chi connectivity index (χ1v) is 10.6. The zero-order chi connectivity index (χ0) is 23.1. The molecule has 1 aliphatic heterocycles. The highest BCUT2D eigenvalue weighted by Crippen LogP contribution is 2.40. The number of alkyl halides is 3. The Balaban J connectivity index is 1.79. The van der Waals surface area contributed by atoms with Crippen LogP contribution in [-0.2, 0) is 6.18 Å². The number of anilines is 1. The highest BCUT2D eigenvalue weighted by Gasteiger charge is 2.43. The molecule has 3 aromatic heterocycles. The molecule has 4 heterocycles. The van der Waals surface area contributed by atoms with Gasteiger partial charge in [0, 0.05) is 36.1 Å². The molecule has 0 radical (unpaired) electrons. The van der Waals surface area contributed by atoms with Crippen LogP contribution in [0.5, 0.6) is 0 Å². The smallest absolute Gasteiger partial charge is 0.396 e. The zero-order valence-corrected chi connectivity index (χ0v) is 18.0. The van der Waals surface area contributed by atoms with Crippen LogP contribution in [0.1, 0.15) is 32.3 Å². The van der Waals surface area contributed by atoms with Crippen molar-refractivity contribution in [2.45, 2.75) is 38.9 Å². The number of rotatable bonds is 5. The van der Waals surface area contributed by atoms with E-state index in [9.17, 15) is 18.3 Å². The zero-order valence-electron chi connectivity index (χ0n) is 18.0. The molecule has 0 bridgehead atoms. The molecule has 1 fully saturated rings. The van der Waals surface area contributed by atoms with Crippen molar-refractivity contribution < 1.29 is 18.3 Å². The van der Waals surface area contributed by atoms with E-state index in [0.717, 1.165) is 6.07 Å². The number of hydrogen-bond acceptors (Lipinski definition) is 6. The van der Waals surface area contributed by atoms with Crippen molar-refractivity contribution in [3.63, 3.8) is 0 Å². The monoisotopic (exact) mass is 448 g/mol. The summed E-state index contributed by atoms with van der Waals surface area (Å²) in [7, 11) is 0. The van der Waals surface area contributed by atoms with Gasteiger partial charge in [-0.2, -0.15) is 18.3 Å². The molecule has 0 aliphatic carbocycles. The third-order valence-electron chi connectivity index (χ3n) is 6.21. The maximum atomic E-state index is 13.8. The molecule has 2 unspecified atom stereocenters. The molecule has 0 aromatic carbocycles. The molecule has 0 amide bonds. The van der Waals surface area contributed by atoms with Crippen LogP contribution in [0, 0.1) is 11.3 Å². The van der Waals surface area contributed by atoms with Gasteiger partial charge in [-0.3, -0.25) is 5.10 Å². The number of piperidine rings is 1. The molecule has 172 valence electrons. The van der Waals surface area contributed by atoms with Crippen molar-refractivity contribution in [3.8, 4) is 11.4 Å². The SMILES string of the molecule is CC(C)CC1(CO)CN(c2ccc(C(F)(F)F)c(-c3[nH]nc4ncccc34)n2)CCC1N. The van der Waals surface area contributed by atoms with Gasteiger partial charge in [0.15, 0.2) is 5.65 Å². The number of H-pyrrole nitrogens is 1. The van der Waals surface area contributed by atoms with Gasteiger partial charge in [0.05, 0.1) is 17.9 Å². The van der Waals surface area contributed by atoms with Gasteiger partial charge in [-0.25, -0.2) is 9.97 Å². The van der Waals surface area contributed by atoms with E-state index in [1.807, 2.05) is 4.90 Å². The first-order valence-electron chi connectivity index (χ1n) is 10.6. The van der Waals surface area contributed by atoms with Crippen LogP contribution in [-0.4, -0.2) is 51.0 Å². The number of nitrogens with zero attached hydrogens (tertiary/aromatic N) is 4. The number of aliphatic hydroxyl groups excluding tert-OH is 1. The second-order valence-corrected chi connectivity index (χ2v) is 8.97. The molecule has 3 aromatic rings. The van der Waals surface area contributed by atoms with Crippen molar-refractivity contribution in [2.24, 2.45) is 17.1 Å². The molecule has 1 aliphatic rings. The van der Waals surface area contributed by atoms with E-state index in [1.165, 1.54) is 12.3 Å². The first-order chi connectivity index (χ1) is 15.1. The fourth-order valence-corrected chi connectivity index (χ4v) is 4.71. The number of hydrogen-bond donors (Lipinski definition) is 3. The predicted molar refractivity (Wildman–Crippen MR) is 116 cm³/mol. The van der Waals surface area contributed by atoms with E-state index >= 15 is 0 Å². The summed E-state index contributed by atoms with van der Waals surface area (Å²) in [5.74, 6) is 0.723. The minimum atomic E-state index is -4.59. The van der Waals surface area contributed by atoms with Gasteiger partial charge < -0.3 is 15.7 Å². The summed E-state index contributed by atoms with van der Waals surface area (Å²) in [4.78, 5) is 10.5. The highest BCUT2D eigenvalue weighted by molar-refractivity contribution is 5.90. The van der Waals surface area contributed by atoms with Gasteiger partial charge in [0.25, 0.3) is 0 Å². The fourth-order valence-electron chi connectivity index (χ4n) is 4.71. The standard InChI is InChI=1S/C22H27F3N6O/c1-13(2)10-21(12-32)11-31(9-7-16(21)26)17-6-5-15(22(23,24)25)19(28-17)18-14-4-3-8-27-20(14)30-29-18/h3-6,8,13,16,32H,7,9-12,26H2,1-2H3,(H,27,29,30).